The number of rotatable bonds is 9. The smallest absolute Gasteiger partial charge is 0.217 e. The van der Waals surface area contributed by atoms with Gasteiger partial charge in [0, 0.05) is 18.4 Å². The van der Waals surface area contributed by atoms with Gasteiger partial charge in [-0.15, -0.1) is 10.2 Å². The van der Waals surface area contributed by atoms with Gasteiger partial charge in [0.1, 0.15) is 5.82 Å². The van der Waals surface area contributed by atoms with Crippen LogP contribution in [0, 0.1) is 0 Å². The molecule has 0 spiro atoms. The molecule has 1 N–H and O–H groups in total. The fourth-order valence-corrected chi connectivity index (χ4v) is 3.54. The minimum absolute atomic E-state index is 0.00691. The molecule has 8 nitrogen and oxygen atoms in total. The van der Waals surface area contributed by atoms with Crippen LogP contribution in [-0.2, 0) is 13.0 Å². The summed E-state index contributed by atoms with van der Waals surface area (Å²) < 4.78 is 1.86. The number of ketones is 1. The summed E-state index contributed by atoms with van der Waals surface area (Å²) in [6.45, 7) is 4.67. The van der Waals surface area contributed by atoms with E-state index in [2.05, 4.69) is 68.0 Å². The van der Waals surface area contributed by atoms with Crippen LogP contribution in [0.4, 0.5) is 0 Å². The molecular weight excluding hydrogens is 390 g/mol. The Morgan fingerprint density at radius 1 is 1.00 bits per heavy atom. The van der Waals surface area contributed by atoms with Crippen molar-refractivity contribution in [3.63, 3.8) is 0 Å². The number of aryl methyl sites for hydroxylation is 1. The summed E-state index contributed by atoms with van der Waals surface area (Å²) >= 11 is 0. The molecule has 31 heavy (non-hydrogen) atoms. The second-order valence-corrected chi connectivity index (χ2v) is 7.42. The Kier molecular flexibility index (Phi) is 6.26. The minimum atomic E-state index is 0.00691. The van der Waals surface area contributed by atoms with Crippen LogP contribution >= 0.6 is 0 Å². The van der Waals surface area contributed by atoms with E-state index in [1.807, 2.05) is 29.8 Å². The Morgan fingerprint density at radius 3 is 2.45 bits per heavy atom. The summed E-state index contributed by atoms with van der Waals surface area (Å²) in [5, 5.41) is 18.7. The van der Waals surface area contributed by atoms with Gasteiger partial charge >= 0.3 is 0 Å². The lowest BCUT2D eigenvalue weighted by Gasteiger charge is -2.09. The highest BCUT2D eigenvalue weighted by Gasteiger charge is 2.16. The molecule has 2 aromatic carbocycles. The van der Waals surface area contributed by atoms with E-state index in [0.29, 0.717) is 24.6 Å². The van der Waals surface area contributed by atoms with Crippen LogP contribution in [0.5, 0.6) is 0 Å². The number of hydrogen-bond acceptors (Lipinski definition) is 6. The largest absolute Gasteiger partial charge is 0.291 e. The van der Waals surface area contributed by atoms with Crippen LogP contribution in [-0.4, -0.2) is 41.2 Å². The van der Waals surface area contributed by atoms with Gasteiger partial charge < -0.3 is 0 Å². The first-order valence-corrected chi connectivity index (χ1v) is 10.6. The molecule has 0 aliphatic heterocycles. The molecule has 0 atom stereocenters. The minimum Gasteiger partial charge on any atom is -0.291 e. The quantitative estimate of drug-likeness (QED) is 0.413. The van der Waals surface area contributed by atoms with Crippen molar-refractivity contribution in [3.8, 4) is 22.5 Å². The highest BCUT2D eigenvalue weighted by atomic mass is 16.1. The van der Waals surface area contributed by atoms with Gasteiger partial charge in [-0.2, -0.15) is 0 Å². The second-order valence-electron chi connectivity index (χ2n) is 7.42. The number of H-pyrrole nitrogens is 1. The first kappa shape index (κ1) is 20.6. The maximum absolute atomic E-state index is 12.2. The maximum Gasteiger partial charge on any atom is 0.217 e. The third-order valence-corrected chi connectivity index (χ3v) is 5.07. The topological polar surface area (TPSA) is 102 Å². The van der Waals surface area contributed by atoms with E-state index in [-0.39, 0.29) is 5.78 Å². The Balaban J connectivity index is 1.58. The second kappa shape index (κ2) is 9.42. The van der Waals surface area contributed by atoms with E-state index in [1.165, 1.54) is 0 Å². The molecule has 0 amide bonds. The lowest BCUT2D eigenvalue weighted by atomic mass is 9.98. The Hall–Kier alpha value is -3.68. The lowest BCUT2D eigenvalue weighted by molar-refractivity contribution is 0.0971. The molecule has 0 aliphatic carbocycles. The number of nitrogens with zero attached hydrogens (tertiary/aromatic N) is 6. The number of aromatic amines is 1. The molecule has 0 saturated heterocycles. The Labute approximate surface area is 180 Å². The van der Waals surface area contributed by atoms with Gasteiger partial charge in [0.05, 0.1) is 6.54 Å². The van der Waals surface area contributed by atoms with E-state index >= 15 is 0 Å². The number of carbonyl (C=O) groups is 1. The fourth-order valence-electron chi connectivity index (χ4n) is 3.54. The number of hydrogen-bond donors (Lipinski definition) is 1. The molecule has 8 heteroatoms. The summed E-state index contributed by atoms with van der Waals surface area (Å²) in [7, 11) is 0. The van der Waals surface area contributed by atoms with Gasteiger partial charge in [-0.05, 0) is 40.0 Å². The van der Waals surface area contributed by atoms with E-state index < -0.39 is 0 Å². The van der Waals surface area contributed by atoms with E-state index in [9.17, 15) is 4.79 Å². The molecule has 0 radical (unpaired) electrons. The number of carbonyl (C=O) groups excluding carboxylic acids is 1. The molecule has 0 bridgehead atoms. The van der Waals surface area contributed by atoms with Crippen LogP contribution in [0.1, 0.15) is 55.1 Å². The molecule has 4 rings (SSSR count). The van der Waals surface area contributed by atoms with Crippen molar-refractivity contribution in [2.75, 3.05) is 0 Å². The molecule has 0 fully saturated rings. The normalized spacial score (nSPS) is 11.0. The SMILES string of the molecule is CCCC(=O)c1nc(CCC)n(Cc2ccc(-c3ccccc3-c3nnn[nH]3)cc2)n1. The van der Waals surface area contributed by atoms with Crippen molar-refractivity contribution in [2.24, 2.45) is 0 Å². The summed E-state index contributed by atoms with van der Waals surface area (Å²) in [6, 6.07) is 16.3. The van der Waals surface area contributed by atoms with Gasteiger partial charge in [0.15, 0.2) is 5.82 Å². The molecule has 2 aromatic heterocycles. The van der Waals surface area contributed by atoms with Crippen molar-refractivity contribution in [2.45, 2.75) is 46.1 Å². The average Bonchev–Trinajstić information content (AvgIpc) is 3.46. The van der Waals surface area contributed by atoms with Gasteiger partial charge in [-0.25, -0.2) is 14.8 Å². The van der Waals surface area contributed by atoms with Crippen molar-refractivity contribution < 1.29 is 4.79 Å². The van der Waals surface area contributed by atoms with Crippen LogP contribution in [0.3, 0.4) is 0 Å². The monoisotopic (exact) mass is 415 g/mol. The average molecular weight is 416 g/mol. The number of benzene rings is 2. The number of nitrogens with one attached hydrogen (secondary N) is 1. The third-order valence-electron chi connectivity index (χ3n) is 5.07. The third kappa shape index (κ3) is 4.58. The highest BCUT2D eigenvalue weighted by molar-refractivity contribution is 5.92. The molecule has 2 heterocycles. The van der Waals surface area contributed by atoms with E-state index in [1.54, 1.807) is 0 Å². The molecule has 0 aliphatic rings. The van der Waals surface area contributed by atoms with Crippen LogP contribution in [0.15, 0.2) is 48.5 Å². The Bertz CT molecular complexity index is 1150. The van der Waals surface area contributed by atoms with Gasteiger partial charge in [-0.1, -0.05) is 62.4 Å². The molecule has 158 valence electrons. The highest BCUT2D eigenvalue weighted by Crippen LogP contribution is 2.29. The summed E-state index contributed by atoms with van der Waals surface area (Å²) in [4.78, 5) is 16.7. The van der Waals surface area contributed by atoms with Crippen molar-refractivity contribution in [1.82, 2.24) is 35.4 Å². The summed E-state index contributed by atoms with van der Waals surface area (Å²) in [5.74, 6) is 1.83. The number of aromatic nitrogens is 7. The molecule has 4 aromatic rings. The van der Waals surface area contributed by atoms with Gasteiger partial charge in [-0.3, -0.25) is 4.79 Å². The zero-order valence-electron chi connectivity index (χ0n) is 17.7. The van der Waals surface area contributed by atoms with Crippen molar-refractivity contribution >= 4 is 5.78 Å². The van der Waals surface area contributed by atoms with Gasteiger partial charge in [0.2, 0.25) is 11.6 Å². The predicted octanol–water partition coefficient (Wildman–Crippen LogP) is 4.11. The maximum atomic E-state index is 12.2. The summed E-state index contributed by atoms with van der Waals surface area (Å²) in [6.07, 6.45) is 3.02. The van der Waals surface area contributed by atoms with Gasteiger partial charge in [0.25, 0.3) is 0 Å². The number of Topliss-reactive ketones (excluding diaryl/α,β-unsaturated/α-hetero) is 1. The zero-order valence-corrected chi connectivity index (χ0v) is 17.7. The predicted molar refractivity (Wildman–Crippen MR) is 117 cm³/mol. The molecular formula is C23H25N7O. The lowest BCUT2D eigenvalue weighted by Crippen LogP contribution is -2.07. The van der Waals surface area contributed by atoms with Crippen molar-refractivity contribution in [1.29, 1.82) is 0 Å². The number of tetrazole rings is 1. The van der Waals surface area contributed by atoms with Crippen LogP contribution < -0.4 is 0 Å². The standard InChI is InChI=1S/C23H25N7O/c1-3-7-20(31)23-24-21(8-4-2)30(27-23)15-16-11-13-17(14-12-16)18-9-5-6-10-19(18)22-25-28-29-26-22/h5-6,9-14H,3-4,7-8,15H2,1-2H3,(H,25,26,28,29). The van der Waals surface area contributed by atoms with E-state index in [4.69, 9.17) is 0 Å². The molecule has 0 saturated carbocycles. The fraction of sp³-hybridized carbons (Fsp3) is 0.304. The zero-order chi connectivity index (χ0) is 21.6. The molecule has 0 unspecified atom stereocenters. The van der Waals surface area contributed by atoms with Crippen LogP contribution in [0.25, 0.3) is 22.5 Å². The first-order chi connectivity index (χ1) is 15.2. The van der Waals surface area contributed by atoms with E-state index in [0.717, 1.165) is 47.3 Å². The Morgan fingerprint density at radius 2 is 1.77 bits per heavy atom. The summed E-state index contributed by atoms with van der Waals surface area (Å²) in [5.41, 5.74) is 4.16. The van der Waals surface area contributed by atoms with Crippen molar-refractivity contribution in [3.05, 3.63) is 65.7 Å². The van der Waals surface area contributed by atoms with Crippen LogP contribution in [0.2, 0.25) is 0 Å². The first-order valence-electron chi connectivity index (χ1n) is 10.6.